The topological polar surface area (TPSA) is 165 Å². The molecule has 0 bridgehead atoms. The van der Waals surface area contributed by atoms with E-state index < -0.39 is 5.60 Å². The number of aromatic nitrogens is 6. The van der Waals surface area contributed by atoms with Crippen LogP contribution in [0, 0.1) is 12.8 Å². The number of fused-ring (bicyclic) bond motifs is 2. The number of likely N-dealkylation sites (tertiary alicyclic amines) is 2. The molecule has 2 aliphatic heterocycles. The predicted molar refractivity (Wildman–Crippen MR) is 214 cm³/mol. The molecule has 2 amide bonds. The van der Waals surface area contributed by atoms with Gasteiger partial charge in [0.05, 0.1) is 29.6 Å². The summed E-state index contributed by atoms with van der Waals surface area (Å²) in [5.41, 5.74) is 13.0. The van der Waals surface area contributed by atoms with E-state index in [2.05, 4.69) is 32.2 Å². The highest BCUT2D eigenvalue weighted by Crippen LogP contribution is 2.36. The molecule has 3 unspecified atom stereocenters. The van der Waals surface area contributed by atoms with Gasteiger partial charge in [-0.3, -0.25) is 28.9 Å². The quantitative estimate of drug-likeness (QED) is 0.244. The maximum absolute atomic E-state index is 14.3. The molecule has 3 N–H and O–H groups in total. The Morgan fingerprint density at radius 2 is 1.65 bits per heavy atom. The fraction of sp³-hybridized carbons (Fsp3) is 0.341. The number of nitrogens with zero attached hydrogens (tertiary/aromatic N) is 8. The molecule has 13 heteroatoms. The zero-order valence-corrected chi connectivity index (χ0v) is 31.9. The SMILES string of the molecule is Cc1ccc(-c2cncc(C(=O)N3CCC(C(=O)N4CCC(O)(Cn5cnn6c(-c7ccc8c(c7)CC(N)C8)cnc6c5=O)CC4)C(c4ccccc4)C3)c2)cn1. The number of rotatable bonds is 7. The molecule has 290 valence electrons. The van der Waals surface area contributed by atoms with Crippen LogP contribution in [0.4, 0.5) is 0 Å². The molecule has 2 aromatic carbocycles. The first-order chi connectivity index (χ1) is 27.6. The Balaban J connectivity index is 0.874. The van der Waals surface area contributed by atoms with Crippen LogP contribution in [0.1, 0.15) is 57.9 Å². The molecule has 0 saturated carbocycles. The van der Waals surface area contributed by atoms with Crippen LogP contribution in [0.3, 0.4) is 0 Å². The normalized spacial score (nSPS) is 20.4. The Morgan fingerprint density at radius 1 is 0.860 bits per heavy atom. The van der Waals surface area contributed by atoms with Crippen LogP contribution in [-0.2, 0) is 24.2 Å². The van der Waals surface area contributed by atoms with Gasteiger partial charge >= 0.3 is 0 Å². The summed E-state index contributed by atoms with van der Waals surface area (Å²) in [4.78, 5) is 58.8. The van der Waals surface area contributed by atoms with Gasteiger partial charge in [0.1, 0.15) is 6.33 Å². The number of pyridine rings is 2. The summed E-state index contributed by atoms with van der Waals surface area (Å²) < 4.78 is 2.98. The lowest BCUT2D eigenvalue weighted by molar-refractivity contribution is -0.142. The van der Waals surface area contributed by atoms with Crippen LogP contribution in [0.2, 0.25) is 0 Å². The van der Waals surface area contributed by atoms with Crippen molar-refractivity contribution >= 4 is 17.5 Å². The third-order valence-electron chi connectivity index (χ3n) is 12.1. The van der Waals surface area contributed by atoms with E-state index in [9.17, 15) is 19.5 Å². The number of amides is 2. The van der Waals surface area contributed by atoms with Gasteiger partial charge in [-0.25, -0.2) is 9.50 Å². The van der Waals surface area contributed by atoms with Crippen molar-refractivity contribution in [3.8, 4) is 22.4 Å². The summed E-state index contributed by atoms with van der Waals surface area (Å²) in [5.74, 6) is -0.647. The molecule has 13 nitrogen and oxygen atoms in total. The van der Waals surface area contributed by atoms with Crippen LogP contribution in [0.15, 0.2) is 103 Å². The molecule has 6 heterocycles. The Morgan fingerprint density at radius 3 is 2.44 bits per heavy atom. The summed E-state index contributed by atoms with van der Waals surface area (Å²) in [7, 11) is 0. The number of carbonyl (C=O) groups excluding carboxylic acids is 2. The van der Waals surface area contributed by atoms with Crippen LogP contribution >= 0.6 is 0 Å². The van der Waals surface area contributed by atoms with E-state index in [0.717, 1.165) is 40.8 Å². The zero-order chi connectivity index (χ0) is 39.3. The van der Waals surface area contributed by atoms with E-state index in [0.29, 0.717) is 56.7 Å². The monoisotopic (exact) mass is 763 g/mol. The van der Waals surface area contributed by atoms with E-state index in [4.69, 9.17) is 5.73 Å². The Labute approximate surface area is 329 Å². The third-order valence-corrected chi connectivity index (χ3v) is 12.1. The summed E-state index contributed by atoms with van der Waals surface area (Å²) in [6, 6.07) is 22.0. The summed E-state index contributed by atoms with van der Waals surface area (Å²) in [6.45, 7) is 3.49. The Bertz CT molecular complexity index is 2530. The lowest BCUT2D eigenvalue weighted by Gasteiger charge is -2.43. The van der Waals surface area contributed by atoms with Crippen molar-refractivity contribution in [1.82, 2.24) is 38.9 Å². The van der Waals surface area contributed by atoms with Gasteiger partial charge in [-0.2, -0.15) is 5.10 Å². The Kier molecular flexibility index (Phi) is 9.49. The minimum Gasteiger partial charge on any atom is -0.388 e. The van der Waals surface area contributed by atoms with Gasteiger partial charge < -0.3 is 20.6 Å². The maximum Gasteiger partial charge on any atom is 0.296 e. The van der Waals surface area contributed by atoms with Crippen LogP contribution in [0.5, 0.6) is 0 Å². The molecule has 0 spiro atoms. The van der Waals surface area contributed by atoms with E-state index in [1.54, 1.807) is 29.3 Å². The Hall–Kier alpha value is -6.05. The average Bonchev–Trinajstić information content (AvgIpc) is 3.85. The van der Waals surface area contributed by atoms with Crippen molar-refractivity contribution in [2.45, 2.75) is 63.1 Å². The zero-order valence-electron chi connectivity index (χ0n) is 31.9. The lowest BCUT2D eigenvalue weighted by Crippen LogP contribution is -2.53. The number of hydrogen-bond donors (Lipinski definition) is 2. The molecular formula is C44H45N9O4. The standard InChI is InChI=1S/C44H45N9O4/c1-28-7-8-32(23-47-28)34-18-35(22-46-21-34)41(54)51-14-11-37(38(25-51)29-5-3-2-4-6-29)42(55)50-15-12-44(57,13-16-50)26-52-27-49-53-39(24-48-40(53)43(52)56)31-10-9-30-19-36(45)20-33(30)17-31/h2-10,17-18,21-24,27,36-38,57H,11-16,19-20,25-26,45H2,1H3. The van der Waals surface area contributed by atoms with Crippen molar-refractivity contribution in [3.63, 3.8) is 0 Å². The van der Waals surface area contributed by atoms with Gasteiger partial charge in [0.15, 0.2) is 0 Å². The van der Waals surface area contributed by atoms with Crippen molar-refractivity contribution in [1.29, 1.82) is 0 Å². The summed E-state index contributed by atoms with van der Waals surface area (Å²) in [6.07, 6.45) is 11.0. The first kappa shape index (κ1) is 36.6. The number of hydrogen-bond acceptors (Lipinski definition) is 9. The smallest absolute Gasteiger partial charge is 0.296 e. The number of benzene rings is 2. The fourth-order valence-electron chi connectivity index (χ4n) is 8.88. The highest BCUT2D eigenvalue weighted by molar-refractivity contribution is 5.95. The number of aryl methyl sites for hydroxylation is 1. The number of nitrogens with two attached hydrogens (primary N) is 1. The fourth-order valence-corrected chi connectivity index (χ4v) is 8.88. The molecule has 4 aromatic heterocycles. The van der Waals surface area contributed by atoms with Gasteiger partial charge in [0.25, 0.3) is 11.5 Å². The van der Waals surface area contributed by atoms with Crippen molar-refractivity contribution in [3.05, 3.63) is 136 Å². The first-order valence-electron chi connectivity index (χ1n) is 19.7. The second kappa shape index (κ2) is 14.8. The number of piperidine rings is 2. The predicted octanol–water partition coefficient (Wildman–Crippen LogP) is 4.05. The van der Waals surface area contributed by atoms with Crippen molar-refractivity contribution in [2.75, 3.05) is 26.2 Å². The summed E-state index contributed by atoms with van der Waals surface area (Å²) >= 11 is 0. The third kappa shape index (κ3) is 7.13. The molecule has 3 atom stereocenters. The molecule has 3 aliphatic rings. The maximum atomic E-state index is 14.3. The number of carbonyl (C=O) groups is 2. The molecule has 6 aromatic rings. The molecular weight excluding hydrogens is 719 g/mol. The van der Waals surface area contributed by atoms with Crippen molar-refractivity contribution < 1.29 is 14.7 Å². The van der Waals surface area contributed by atoms with Crippen LogP contribution in [0.25, 0.3) is 28.0 Å². The van der Waals surface area contributed by atoms with E-state index in [1.165, 1.54) is 22.0 Å². The van der Waals surface area contributed by atoms with E-state index in [1.807, 2.05) is 71.3 Å². The average molecular weight is 764 g/mol. The van der Waals surface area contributed by atoms with Crippen LogP contribution in [-0.4, -0.2) is 93.7 Å². The molecule has 0 radical (unpaired) electrons. The van der Waals surface area contributed by atoms with Gasteiger partial charge in [-0.15, -0.1) is 0 Å². The molecule has 2 saturated heterocycles. The molecule has 9 rings (SSSR count). The van der Waals surface area contributed by atoms with Gasteiger partial charge in [-0.05, 0) is 73.9 Å². The highest BCUT2D eigenvalue weighted by Gasteiger charge is 2.42. The molecule has 57 heavy (non-hydrogen) atoms. The summed E-state index contributed by atoms with van der Waals surface area (Å²) in [5, 5.41) is 16.3. The van der Waals surface area contributed by atoms with E-state index in [-0.39, 0.29) is 47.4 Å². The first-order valence-corrected chi connectivity index (χ1v) is 19.7. The molecule has 2 fully saturated rings. The number of aliphatic hydroxyl groups is 1. The number of imidazole rings is 1. The second-order valence-electron chi connectivity index (χ2n) is 16.0. The minimum atomic E-state index is -1.21. The second-order valence-corrected chi connectivity index (χ2v) is 16.0. The van der Waals surface area contributed by atoms with Crippen molar-refractivity contribution in [2.24, 2.45) is 11.7 Å². The van der Waals surface area contributed by atoms with Gasteiger partial charge in [0, 0.05) is 85.0 Å². The van der Waals surface area contributed by atoms with Gasteiger partial charge in [-0.1, -0.05) is 48.5 Å². The lowest BCUT2D eigenvalue weighted by atomic mass is 9.79. The largest absolute Gasteiger partial charge is 0.388 e. The van der Waals surface area contributed by atoms with Gasteiger partial charge in [0.2, 0.25) is 11.6 Å². The van der Waals surface area contributed by atoms with Crippen LogP contribution < -0.4 is 11.3 Å². The molecule has 1 aliphatic carbocycles. The highest BCUT2D eigenvalue weighted by atomic mass is 16.3. The minimum absolute atomic E-state index is 0.0206. The van der Waals surface area contributed by atoms with E-state index >= 15 is 0 Å².